The van der Waals surface area contributed by atoms with Crippen LogP contribution in [0.15, 0.2) is 24.3 Å². The molecule has 0 unspecified atom stereocenters. The second kappa shape index (κ2) is 7.66. The summed E-state index contributed by atoms with van der Waals surface area (Å²) < 4.78 is 5.46. The van der Waals surface area contributed by atoms with Crippen molar-refractivity contribution in [1.82, 2.24) is 9.80 Å². The number of carbonyl (C=O) groups excluding carboxylic acids is 2. The zero-order chi connectivity index (χ0) is 17.9. The van der Waals surface area contributed by atoms with Crippen molar-refractivity contribution >= 4 is 17.5 Å². The lowest BCUT2D eigenvalue weighted by Crippen LogP contribution is -2.52. The van der Waals surface area contributed by atoms with Gasteiger partial charge in [0.15, 0.2) is 6.61 Å². The first-order valence-corrected chi connectivity index (χ1v) is 9.76. The zero-order valence-corrected chi connectivity index (χ0v) is 15.2. The summed E-state index contributed by atoms with van der Waals surface area (Å²) in [6.45, 7) is 4.05. The summed E-state index contributed by atoms with van der Waals surface area (Å²) in [5.74, 6) is 0.778. The molecule has 6 nitrogen and oxygen atoms in total. The Morgan fingerprint density at radius 1 is 1.08 bits per heavy atom. The molecule has 2 heterocycles. The fraction of sp³-hybridized carbons (Fsp3) is 0.600. The Morgan fingerprint density at radius 2 is 1.81 bits per heavy atom. The van der Waals surface area contributed by atoms with E-state index < -0.39 is 0 Å². The normalized spacial score (nSPS) is 21.6. The van der Waals surface area contributed by atoms with Gasteiger partial charge in [-0.2, -0.15) is 0 Å². The highest BCUT2D eigenvalue weighted by atomic mass is 16.5. The summed E-state index contributed by atoms with van der Waals surface area (Å²) in [6.07, 6.45) is 5.68. The SMILES string of the molecule is O=C(CCN1C(=O)COc2ccccc21)N1CCN(C2CCCC2)CC1. The van der Waals surface area contributed by atoms with Crippen molar-refractivity contribution in [3.05, 3.63) is 24.3 Å². The Morgan fingerprint density at radius 3 is 2.58 bits per heavy atom. The van der Waals surface area contributed by atoms with Gasteiger partial charge in [-0.3, -0.25) is 14.5 Å². The van der Waals surface area contributed by atoms with Crippen LogP contribution >= 0.6 is 0 Å². The molecule has 2 amide bonds. The highest BCUT2D eigenvalue weighted by Crippen LogP contribution is 2.31. The van der Waals surface area contributed by atoms with Gasteiger partial charge in [0.2, 0.25) is 5.91 Å². The molecule has 0 bridgehead atoms. The van der Waals surface area contributed by atoms with Crippen molar-refractivity contribution in [2.45, 2.75) is 38.1 Å². The van der Waals surface area contributed by atoms with Gasteiger partial charge in [0.25, 0.3) is 5.91 Å². The summed E-state index contributed by atoms with van der Waals surface area (Å²) in [6, 6.07) is 8.24. The van der Waals surface area contributed by atoms with Crippen LogP contribution in [0, 0.1) is 0 Å². The maximum atomic E-state index is 12.6. The van der Waals surface area contributed by atoms with E-state index in [2.05, 4.69) is 4.90 Å². The highest BCUT2D eigenvalue weighted by Gasteiger charge is 2.29. The molecular weight excluding hydrogens is 330 g/mol. The second-order valence-corrected chi connectivity index (χ2v) is 7.41. The summed E-state index contributed by atoms with van der Waals surface area (Å²) >= 11 is 0. The predicted molar refractivity (Wildman–Crippen MR) is 99.3 cm³/mol. The fourth-order valence-corrected chi connectivity index (χ4v) is 4.37. The number of piperazine rings is 1. The van der Waals surface area contributed by atoms with E-state index >= 15 is 0 Å². The number of hydrogen-bond donors (Lipinski definition) is 0. The number of rotatable bonds is 4. The van der Waals surface area contributed by atoms with Crippen LogP contribution in [-0.4, -0.2) is 67.0 Å². The van der Waals surface area contributed by atoms with Crippen molar-refractivity contribution in [3.8, 4) is 5.75 Å². The largest absolute Gasteiger partial charge is 0.482 e. The topological polar surface area (TPSA) is 53.1 Å². The Balaban J connectivity index is 1.30. The van der Waals surface area contributed by atoms with E-state index in [0.717, 1.165) is 37.9 Å². The number of carbonyl (C=O) groups is 2. The quantitative estimate of drug-likeness (QED) is 0.826. The van der Waals surface area contributed by atoms with Crippen LogP contribution in [-0.2, 0) is 9.59 Å². The van der Waals surface area contributed by atoms with Gasteiger partial charge in [-0.15, -0.1) is 0 Å². The maximum Gasteiger partial charge on any atom is 0.265 e. The van der Waals surface area contributed by atoms with Gasteiger partial charge >= 0.3 is 0 Å². The average molecular weight is 357 g/mol. The van der Waals surface area contributed by atoms with Gasteiger partial charge in [0.05, 0.1) is 5.69 Å². The first-order valence-electron chi connectivity index (χ1n) is 9.76. The van der Waals surface area contributed by atoms with Crippen LogP contribution in [0.5, 0.6) is 5.75 Å². The van der Waals surface area contributed by atoms with Crippen LogP contribution < -0.4 is 9.64 Å². The molecule has 0 radical (unpaired) electrons. The molecule has 26 heavy (non-hydrogen) atoms. The summed E-state index contributed by atoms with van der Waals surface area (Å²) in [7, 11) is 0. The lowest BCUT2D eigenvalue weighted by molar-refractivity contribution is -0.133. The predicted octanol–water partition coefficient (Wildman–Crippen LogP) is 1.89. The third-order valence-electron chi connectivity index (χ3n) is 5.87. The Hall–Kier alpha value is -2.08. The van der Waals surface area contributed by atoms with Gasteiger partial charge in [-0.25, -0.2) is 0 Å². The molecule has 0 spiro atoms. The molecule has 1 aliphatic carbocycles. The molecule has 1 saturated carbocycles. The molecule has 0 aromatic heterocycles. The van der Waals surface area contributed by atoms with Gasteiger partial charge in [-0.1, -0.05) is 25.0 Å². The molecule has 0 atom stereocenters. The Kier molecular flexibility index (Phi) is 5.11. The highest BCUT2D eigenvalue weighted by molar-refractivity contribution is 5.98. The lowest BCUT2D eigenvalue weighted by Gasteiger charge is -2.38. The van der Waals surface area contributed by atoms with Crippen molar-refractivity contribution < 1.29 is 14.3 Å². The lowest BCUT2D eigenvalue weighted by atomic mass is 10.1. The minimum atomic E-state index is -0.0810. The molecule has 2 fully saturated rings. The standard InChI is InChI=1S/C20H27N3O3/c24-19(22-13-11-21(12-14-22)16-5-1-2-6-16)9-10-23-17-7-3-4-8-18(17)26-15-20(23)25/h3-4,7-8,16H,1-2,5-6,9-15H2. The molecule has 0 N–H and O–H groups in total. The van der Waals surface area contributed by atoms with Crippen LogP contribution in [0.4, 0.5) is 5.69 Å². The van der Waals surface area contributed by atoms with Crippen molar-refractivity contribution in [1.29, 1.82) is 0 Å². The first-order chi connectivity index (χ1) is 12.7. The second-order valence-electron chi connectivity index (χ2n) is 7.41. The van der Waals surface area contributed by atoms with E-state index in [1.54, 1.807) is 4.90 Å². The van der Waals surface area contributed by atoms with Crippen molar-refractivity contribution in [2.75, 3.05) is 44.2 Å². The number of anilines is 1. The van der Waals surface area contributed by atoms with E-state index in [-0.39, 0.29) is 18.4 Å². The molecule has 6 heteroatoms. The number of hydrogen-bond acceptors (Lipinski definition) is 4. The van der Waals surface area contributed by atoms with Gasteiger partial charge in [-0.05, 0) is 25.0 Å². The third kappa shape index (κ3) is 3.56. The fourth-order valence-electron chi connectivity index (χ4n) is 4.37. The third-order valence-corrected chi connectivity index (χ3v) is 5.87. The van der Waals surface area contributed by atoms with E-state index in [1.165, 1.54) is 25.7 Å². The van der Waals surface area contributed by atoms with Gasteiger partial charge in [0.1, 0.15) is 5.75 Å². The number of amides is 2. The van der Waals surface area contributed by atoms with Crippen molar-refractivity contribution in [3.63, 3.8) is 0 Å². The van der Waals surface area contributed by atoms with Crippen molar-refractivity contribution in [2.24, 2.45) is 0 Å². The minimum Gasteiger partial charge on any atom is -0.482 e. The average Bonchev–Trinajstić information content (AvgIpc) is 3.22. The van der Waals surface area contributed by atoms with Crippen LogP contribution in [0.2, 0.25) is 0 Å². The molecule has 4 rings (SSSR count). The Bertz CT molecular complexity index is 664. The van der Waals surface area contributed by atoms with E-state index in [0.29, 0.717) is 18.7 Å². The van der Waals surface area contributed by atoms with E-state index in [9.17, 15) is 9.59 Å². The smallest absolute Gasteiger partial charge is 0.265 e. The number of para-hydroxylation sites is 2. The summed E-state index contributed by atoms with van der Waals surface area (Å²) in [4.78, 5) is 31.0. The molecule has 1 saturated heterocycles. The first kappa shape index (κ1) is 17.3. The monoisotopic (exact) mass is 357 g/mol. The van der Waals surface area contributed by atoms with Crippen LogP contribution in [0.3, 0.4) is 0 Å². The van der Waals surface area contributed by atoms with Gasteiger partial charge < -0.3 is 14.5 Å². The molecule has 3 aliphatic rings. The molecule has 140 valence electrons. The summed E-state index contributed by atoms with van der Waals surface area (Å²) in [5, 5.41) is 0. The molecule has 1 aromatic carbocycles. The number of ether oxygens (including phenoxy) is 1. The maximum absolute atomic E-state index is 12.6. The van der Waals surface area contributed by atoms with Crippen LogP contribution in [0.1, 0.15) is 32.1 Å². The number of nitrogens with zero attached hydrogens (tertiary/aromatic N) is 3. The molecule has 1 aromatic rings. The minimum absolute atomic E-state index is 0.0469. The van der Waals surface area contributed by atoms with Gasteiger partial charge in [0, 0.05) is 45.2 Å². The number of fused-ring (bicyclic) bond motifs is 1. The van der Waals surface area contributed by atoms with E-state index in [1.807, 2.05) is 29.2 Å². The summed E-state index contributed by atoms with van der Waals surface area (Å²) in [5.41, 5.74) is 0.766. The number of benzene rings is 1. The zero-order valence-electron chi connectivity index (χ0n) is 15.2. The molecular formula is C20H27N3O3. The van der Waals surface area contributed by atoms with E-state index in [4.69, 9.17) is 4.74 Å². The van der Waals surface area contributed by atoms with Crippen LogP contribution in [0.25, 0.3) is 0 Å². The molecule has 2 aliphatic heterocycles. The Labute approximate surface area is 154 Å².